The molecule has 0 fully saturated rings. The monoisotopic (exact) mass is 254 g/mol. The lowest BCUT2D eigenvalue weighted by atomic mass is 10.3. The van der Waals surface area contributed by atoms with E-state index in [-0.39, 0.29) is 5.69 Å². The normalized spacial score (nSPS) is 11.0. The molecule has 74 valence electrons. The molecular formula is C10H11BrN2O. The van der Waals surface area contributed by atoms with Gasteiger partial charge in [0.15, 0.2) is 0 Å². The lowest BCUT2D eigenvalue weighted by Gasteiger charge is -1.97. The molecular weight excluding hydrogens is 244 g/mol. The summed E-state index contributed by atoms with van der Waals surface area (Å²) in [6.07, 6.45) is 0. The fourth-order valence-electron chi connectivity index (χ4n) is 1.66. The number of rotatable bonds is 2. The van der Waals surface area contributed by atoms with Gasteiger partial charge in [-0.3, -0.25) is 9.13 Å². The Morgan fingerprint density at radius 2 is 1.93 bits per heavy atom. The molecule has 1 heterocycles. The van der Waals surface area contributed by atoms with Gasteiger partial charge in [0.2, 0.25) is 0 Å². The first kappa shape index (κ1) is 9.52. The summed E-state index contributed by atoms with van der Waals surface area (Å²) in [4.78, 5) is 11.8. The van der Waals surface area contributed by atoms with Gasteiger partial charge < -0.3 is 0 Å². The Balaban J connectivity index is 2.81. The topological polar surface area (TPSA) is 26.9 Å². The van der Waals surface area contributed by atoms with Crippen LogP contribution in [0.2, 0.25) is 0 Å². The third-order valence-corrected chi connectivity index (χ3v) is 2.71. The van der Waals surface area contributed by atoms with Gasteiger partial charge in [-0.15, -0.1) is 0 Å². The fourth-order valence-corrected chi connectivity index (χ4v) is 2.02. The second-order valence-electron chi connectivity index (χ2n) is 3.17. The van der Waals surface area contributed by atoms with Crippen LogP contribution in [0.3, 0.4) is 0 Å². The highest BCUT2D eigenvalue weighted by Gasteiger charge is 2.07. The van der Waals surface area contributed by atoms with Crippen LogP contribution in [0.4, 0.5) is 0 Å². The van der Waals surface area contributed by atoms with Gasteiger partial charge in [0.05, 0.1) is 11.0 Å². The Kier molecular flexibility index (Phi) is 2.46. The summed E-state index contributed by atoms with van der Waals surface area (Å²) in [5.74, 6) is 0. The van der Waals surface area contributed by atoms with Gasteiger partial charge in [-0.2, -0.15) is 0 Å². The van der Waals surface area contributed by atoms with Crippen LogP contribution in [0.5, 0.6) is 0 Å². The predicted octanol–water partition coefficient (Wildman–Crippen LogP) is 1.73. The Hall–Kier alpha value is -1.03. The molecule has 0 N–H and O–H groups in total. The molecule has 2 rings (SSSR count). The number of para-hydroxylation sites is 2. The number of aromatic nitrogens is 2. The van der Waals surface area contributed by atoms with Crippen molar-refractivity contribution in [3.05, 3.63) is 34.7 Å². The number of hydrogen-bond donors (Lipinski definition) is 0. The zero-order valence-corrected chi connectivity index (χ0v) is 9.49. The summed E-state index contributed by atoms with van der Waals surface area (Å²) in [6.45, 7) is 0.709. The zero-order chi connectivity index (χ0) is 10.1. The quantitative estimate of drug-likeness (QED) is 0.751. The molecule has 0 bridgehead atoms. The van der Waals surface area contributed by atoms with E-state index in [9.17, 15) is 4.79 Å². The van der Waals surface area contributed by atoms with Gasteiger partial charge in [0, 0.05) is 18.9 Å². The standard InChI is InChI=1S/C10H11BrN2O/c1-12-8-4-2-3-5-9(8)13(7-6-11)10(12)14/h2-5H,6-7H2,1H3. The largest absolute Gasteiger partial charge is 0.328 e. The number of imidazole rings is 1. The number of hydrogen-bond acceptors (Lipinski definition) is 1. The van der Waals surface area contributed by atoms with Crippen molar-refractivity contribution in [2.75, 3.05) is 5.33 Å². The molecule has 2 aromatic rings. The third-order valence-electron chi connectivity index (χ3n) is 2.36. The summed E-state index contributed by atoms with van der Waals surface area (Å²) >= 11 is 3.35. The van der Waals surface area contributed by atoms with Gasteiger partial charge in [0.25, 0.3) is 0 Å². The van der Waals surface area contributed by atoms with E-state index in [1.54, 1.807) is 16.2 Å². The summed E-state index contributed by atoms with van der Waals surface area (Å²) in [7, 11) is 1.80. The number of alkyl halides is 1. The van der Waals surface area contributed by atoms with Crippen LogP contribution in [0.25, 0.3) is 11.0 Å². The van der Waals surface area contributed by atoms with Crippen molar-refractivity contribution in [2.45, 2.75) is 6.54 Å². The van der Waals surface area contributed by atoms with Crippen LogP contribution in [-0.2, 0) is 13.6 Å². The first-order valence-electron chi connectivity index (χ1n) is 4.46. The number of fused-ring (bicyclic) bond motifs is 1. The molecule has 1 aromatic carbocycles. The minimum absolute atomic E-state index is 0.0469. The highest BCUT2D eigenvalue weighted by Crippen LogP contribution is 2.11. The van der Waals surface area contributed by atoms with Crippen molar-refractivity contribution >= 4 is 27.0 Å². The molecule has 4 heteroatoms. The molecule has 0 saturated carbocycles. The maximum absolute atomic E-state index is 11.8. The van der Waals surface area contributed by atoms with Crippen molar-refractivity contribution in [2.24, 2.45) is 7.05 Å². The van der Waals surface area contributed by atoms with Gasteiger partial charge in [-0.05, 0) is 12.1 Å². The van der Waals surface area contributed by atoms with Crippen LogP contribution in [0.15, 0.2) is 29.1 Å². The van der Waals surface area contributed by atoms with Crippen LogP contribution in [0, 0.1) is 0 Å². The smallest absolute Gasteiger partial charge is 0.295 e. The van der Waals surface area contributed by atoms with E-state index >= 15 is 0 Å². The average Bonchev–Trinajstić information content (AvgIpc) is 2.45. The van der Waals surface area contributed by atoms with Crippen molar-refractivity contribution in [3.63, 3.8) is 0 Å². The number of halogens is 1. The third kappa shape index (κ3) is 1.30. The SMILES string of the molecule is Cn1c(=O)n(CCBr)c2ccccc21. The molecule has 0 aliphatic rings. The highest BCUT2D eigenvalue weighted by molar-refractivity contribution is 9.09. The van der Waals surface area contributed by atoms with Gasteiger partial charge in [-0.1, -0.05) is 28.1 Å². The first-order valence-corrected chi connectivity index (χ1v) is 5.58. The maximum atomic E-state index is 11.8. The van der Waals surface area contributed by atoms with E-state index in [1.165, 1.54) is 0 Å². The summed E-state index contributed by atoms with van der Waals surface area (Å²) in [6, 6.07) is 7.83. The van der Waals surface area contributed by atoms with Crippen molar-refractivity contribution in [1.29, 1.82) is 0 Å². The van der Waals surface area contributed by atoms with Crippen molar-refractivity contribution in [3.8, 4) is 0 Å². The number of benzene rings is 1. The molecule has 0 aliphatic carbocycles. The van der Waals surface area contributed by atoms with Crippen molar-refractivity contribution < 1.29 is 0 Å². The Labute approximate surface area is 90.1 Å². The lowest BCUT2D eigenvalue weighted by molar-refractivity contribution is 0.721. The molecule has 0 unspecified atom stereocenters. The van der Waals surface area contributed by atoms with E-state index in [1.807, 2.05) is 24.3 Å². The molecule has 0 spiro atoms. The minimum atomic E-state index is 0.0469. The molecule has 0 amide bonds. The molecule has 1 aromatic heterocycles. The average molecular weight is 255 g/mol. The predicted molar refractivity (Wildman–Crippen MR) is 61.0 cm³/mol. The molecule has 0 radical (unpaired) electrons. The Morgan fingerprint density at radius 1 is 1.29 bits per heavy atom. The van der Waals surface area contributed by atoms with Crippen LogP contribution < -0.4 is 5.69 Å². The molecule has 14 heavy (non-hydrogen) atoms. The first-order chi connectivity index (χ1) is 6.75. The summed E-state index contributed by atoms with van der Waals surface area (Å²) < 4.78 is 3.46. The molecule has 0 atom stereocenters. The second-order valence-corrected chi connectivity index (χ2v) is 3.96. The van der Waals surface area contributed by atoms with E-state index in [2.05, 4.69) is 15.9 Å². The number of nitrogens with zero attached hydrogens (tertiary/aromatic N) is 2. The summed E-state index contributed by atoms with van der Waals surface area (Å²) in [5, 5.41) is 0.793. The fraction of sp³-hybridized carbons (Fsp3) is 0.300. The molecule has 3 nitrogen and oxygen atoms in total. The van der Waals surface area contributed by atoms with Crippen LogP contribution >= 0.6 is 15.9 Å². The van der Waals surface area contributed by atoms with E-state index < -0.39 is 0 Å². The van der Waals surface area contributed by atoms with E-state index in [0.29, 0.717) is 6.54 Å². The van der Waals surface area contributed by atoms with E-state index in [4.69, 9.17) is 0 Å². The minimum Gasteiger partial charge on any atom is -0.295 e. The molecule has 0 saturated heterocycles. The zero-order valence-electron chi connectivity index (χ0n) is 7.90. The van der Waals surface area contributed by atoms with E-state index in [0.717, 1.165) is 16.4 Å². The van der Waals surface area contributed by atoms with Gasteiger partial charge >= 0.3 is 5.69 Å². The van der Waals surface area contributed by atoms with Gasteiger partial charge in [0.1, 0.15) is 0 Å². The Morgan fingerprint density at radius 3 is 2.57 bits per heavy atom. The van der Waals surface area contributed by atoms with Gasteiger partial charge in [-0.25, -0.2) is 4.79 Å². The Bertz CT molecular complexity index is 512. The molecule has 0 aliphatic heterocycles. The van der Waals surface area contributed by atoms with Crippen LogP contribution in [-0.4, -0.2) is 14.5 Å². The van der Waals surface area contributed by atoms with Crippen LogP contribution in [0.1, 0.15) is 0 Å². The summed E-state index contributed by atoms with van der Waals surface area (Å²) in [5.41, 5.74) is 2.03. The lowest BCUT2D eigenvalue weighted by Crippen LogP contribution is -2.22. The van der Waals surface area contributed by atoms with Crippen molar-refractivity contribution in [1.82, 2.24) is 9.13 Å². The second kappa shape index (κ2) is 3.61. The number of aryl methyl sites for hydroxylation is 2. The highest BCUT2D eigenvalue weighted by atomic mass is 79.9. The maximum Gasteiger partial charge on any atom is 0.328 e.